The fraction of sp³-hybridized carbons (Fsp3) is 0.625. The van der Waals surface area contributed by atoms with E-state index in [2.05, 4.69) is 34.8 Å². The summed E-state index contributed by atoms with van der Waals surface area (Å²) in [6, 6.07) is 4.34. The van der Waals surface area contributed by atoms with Crippen LogP contribution in [0.4, 0.5) is 16.3 Å². The molecule has 3 N–H and O–H groups in total. The molecule has 0 spiro atoms. The first-order valence-electron chi connectivity index (χ1n) is 7.97. The molecule has 21 heavy (non-hydrogen) atoms. The number of nitrogens with one attached hydrogen (secondary N) is 3. The number of carbonyl (C=O) groups excluding carboxylic acids is 1. The molecule has 1 heterocycles. The molecule has 1 atom stereocenters. The number of pyridine rings is 1. The number of hydrogen-bond donors (Lipinski definition) is 3. The molecule has 0 aliphatic heterocycles. The number of anilines is 2. The van der Waals surface area contributed by atoms with Gasteiger partial charge in [-0.25, -0.2) is 9.78 Å². The Hall–Kier alpha value is -1.78. The highest BCUT2D eigenvalue weighted by molar-refractivity contribution is 5.88. The van der Waals surface area contributed by atoms with Gasteiger partial charge in [-0.15, -0.1) is 0 Å². The van der Waals surface area contributed by atoms with Crippen molar-refractivity contribution in [1.29, 1.82) is 0 Å². The molecule has 0 saturated heterocycles. The maximum Gasteiger partial charge on any atom is 0.320 e. The summed E-state index contributed by atoms with van der Waals surface area (Å²) in [7, 11) is 0. The Balaban J connectivity index is 1.80. The van der Waals surface area contributed by atoms with Crippen LogP contribution < -0.4 is 16.0 Å². The van der Waals surface area contributed by atoms with Gasteiger partial charge in [0.05, 0.1) is 11.9 Å². The number of carbonyl (C=O) groups is 1. The van der Waals surface area contributed by atoms with Gasteiger partial charge in [-0.05, 0) is 38.3 Å². The molecule has 1 aromatic heterocycles. The third-order valence-electron chi connectivity index (χ3n) is 3.97. The summed E-state index contributed by atoms with van der Waals surface area (Å²) in [5.41, 5.74) is 0.975. The first-order valence-corrected chi connectivity index (χ1v) is 7.97. The third-order valence-corrected chi connectivity index (χ3v) is 3.97. The molecular formula is C16H26N4O. The zero-order valence-corrected chi connectivity index (χ0v) is 13.0. The van der Waals surface area contributed by atoms with E-state index in [0.717, 1.165) is 24.9 Å². The van der Waals surface area contributed by atoms with Crippen LogP contribution in [0, 0.1) is 0 Å². The van der Waals surface area contributed by atoms with Crippen molar-refractivity contribution in [2.75, 3.05) is 10.6 Å². The summed E-state index contributed by atoms with van der Waals surface area (Å²) in [6.45, 7) is 4.26. The van der Waals surface area contributed by atoms with Crippen LogP contribution in [-0.2, 0) is 0 Å². The van der Waals surface area contributed by atoms with Crippen molar-refractivity contribution in [2.24, 2.45) is 0 Å². The van der Waals surface area contributed by atoms with Crippen LogP contribution in [0.15, 0.2) is 18.3 Å². The van der Waals surface area contributed by atoms with E-state index in [1.165, 1.54) is 19.3 Å². The van der Waals surface area contributed by atoms with Crippen LogP contribution >= 0.6 is 0 Å². The molecule has 1 fully saturated rings. The van der Waals surface area contributed by atoms with Gasteiger partial charge in [0.15, 0.2) is 0 Å². The Kier molecular flexibility index (Phi) is 5.84. The molecule has 1 aliphatic rings. The highest BCUT2D eigenvalue weighted by atomic mass is 16.2. The molecule has 1 unspecified atom stereocenters. The SMILES string of the molecule is CCC(C)Nc1ccc(NC(=O)NC2CCCCC2)nc1. The van der Waals surface area contributed by atoms with E-state index < -0.39 is 0 Å². The van der Waals surface area contributed by atoms with Crippen LogP contribution in [-0.4, -0.2) is 23.1 Å². The van der Waals surface area contributed by atoms with Crippen LogP contribution in [0.2, 0.25) is 0 Å². The minimum absolute atomic E-state index is 0.156. The minimum Gasteiger partial charge on any atom is -0.381 e. The van der Waals surface area contributed by atoms with Crippen molar-refractivity contribution < 1.29 is 4.79 Å². The second-order valence-corrected chi connectivity index (χ2v) is 5.82. The average Bonchev–Trinajstić information content (AvgIpc) is 2.50. The standard InChI is InChI=1S/C16H26N4O/c1-3-12(2)18-14-9-10-15(17-11-14)20-16(21)19-13-7-5-4-6-8-13/h9-13,18H,3-8H2,1-2H3,(H2,17,19,20,21). The predicted octanol–water partition coefficient (Wildman–Crippen LogP) is 3.75. The minimum atomic E-state index is -0.156. The maximum absolute atomic E-state index is 11.9. The lowest BCUT2D eigenvalue weighted by Gasteiger charge is -2.22. The number of urea groups is 1. The smallest absolute Gasteiger partial charge is 0.320 e. The highest BCUT2D eigenvalue weighted by Gasteiger charge is 2.15. The second-order valence-electron chi connectivity index (χ2n) is 5.82. The van der Waals surface area contributed by atoms with E-state index in [-0.39, 0.29) is 6.03 Å². The van der Waals surface area contributed by atoms with Crippen molar-refractivity contribution in [1.82, 2.24) is 10.3 Å². The number of amides is 2. The Morgan fingerprint density at radius 2 is 2.10 bits per heavy atom. The van der Waals surface area contributed by atoms with Gasteiger partial charge in [-0.3, -0.25) is 5.32 Å². The Morgan fingerprint density at radius 1 is 1.33 bits per heavy atom. The van der Waals surface area contributed by atoms with Gasteiger partial charge in [0, 0.05) is 12.1 Å². The molecule has 116 valence electrons. The van der Waals surface area contributed by atoms with Gasteiger partial charge in [0.2, 0.25) is 0 Å². The Morgan fingerprint density at radius 3 is 2.71 bits per heavy atom. The van der Waals surface area contributed by atoms with Gasteiger partial charge in [-0.2, -0.15) is 0 Å². The lowest BCUT2D eigenvalue weighted by molar-refractivity contribution is 0.244. The van der Waals surface area contributed by atoms with Gasteiger partial charge < -0.3 is 10.6 Å². The lowest BCUT2D eigenvalue weighted by Crippen LogP contribution is -2.39. The van der Waals surface area contributed by atoms with E-state index in [9.17, 15) is 4.79 Å². The van der Waals surface area contributed by atoms with Crippen molar-refractivity contribution in [3.8, 4) is 0 Å². The normalized spacial score (nSPS) is 17.0. The summed E-state index contributed by atoms with van der Waals surface area (Å²) in [4.78, 5) is 16.2. The summed E-state index contributed by atoms with van der Waals surface area (Å²) < 4.78 is 0. The van der Waals surface area contributed by atoms with Crippen LogP contribution in [0.25, 0.3) is 0 Å². The molecule has 5 nitrogen and oxygen atoms in total. The number of aromatic nitrogens is 1. The summed E-state index contributed by atoms with van der Waals surface area (Å²) in [6.07, 6.45) is 8.67. The Bertz CT molecular complexity index is 440. The number of nitrogens with zero attached hydrogens (tertiary/aromatic N) is 1. The van der Waals surface area contributed by atoms with E-state index in [1.54, 1.807) is 6.20 Å². The maximum atomic E-state index is 11.9. The van der Waals surface area contributed by atoms with E-state index in [4.69, 9.17) is 0 Å². The number of rotatable bonds is 5. The first-order chi connectivity index (χ1) is 10.2. The second kappa shape index (κ2) is 7.86. The monoisotopic (exact) mass is 290 g/mol. The van der Waals surface area contributed by atoms with E-state index >= 15 is 0 Å². The quantitative estimate of drug-likeness (QED) is 0.774. The van der Waals surface area contributed by atoms with Crippen molar-refractivity contribution in [3.05, 3.63) is 18.3 Å². The molecule has 2 rings (SSSR count). The van der Waals surface area contributed by atoms with E-state index in [1.807, 2.05) is 12.1 Å². The van der Waals surface area contributed by atoms with Crippen LogP contribution in [0.5, 0.6) is 0 Å². The topological polar surface area (TPSA) is 66.0 Å². The summed E-state index contributed by atoms with van der Waals surface area (Å²) in [5.74, 6) is 0.581. The molecular weight excluding hydrogens is 264 g/mol. The average molecular weight is 290 g/mol. The molecule has 1 aliphatic carbocycles. The number of hydrogen-bond acceptors (Lipinski definition) is 3. The van der Waals surface area contributed by atoms with Crippen molar-refractivity contribution in [2.45, 2.75) is 64.5 Å². The van der Waals surface area contributed by atoms with Gasteiger partial charge in [-0.1, -0.05) is 26.2 Å². The van der Waals surface area contributed by atoms with Gasteiger partial charge in [0.1, 0.15) is 5.82 Å². The molecule has 2 amide bonds. The van der Waals surface area contributed by atoms with Crippen LogP contribution in [0.3, 0.4) is 0 Å². The fourth-order valence-corrected chi connectivity index (χ4v) is 2.52. The lowest BCUT2D eigenvalue weighted by atomic mass is 9.96. The highest BCUT2D eigenvalue weighted by Crippen LogP contribution is 2.17. The largest absolute Gasteiger partial charge is 0.381 e. The molecule has 0 radical (unpaired) electrons. The Labute approximate surface area is 126 Å². The van der Waals surface area contributed by atoms with Crippen molar-refractivity contribution >= 4 is 17.5 Å². The predicted molar refractivity (Wildman–Crippen MR) is 86.6 cm³/mol. The van der Waals surface area contributed by atoms with Gasteiger partial charge in [0.25, 0.3) is 0 Å². The third kappa shape index (κ3) is 5.25. The first kappa shape index (κ1) is 15.6. The zero-order chi connectivity index (χ0) is 15.1. The summed E-state index contributed by atoms with van der Waals surface area (Å²) >= 11 is 0. The molecule has 0 aromatic carbocycles. The van der Waals surface area contributed by atoms with Crippen molar-refractivity contribution in [3.63, 3.8) is 0 Å². The molecule has 1 aromatic rings. The zero-order valence-electron chi connectivity index (χ0n) is 13.0. The van der Waals surface area contributed by atoms with Gasteiger partial charge >= 0.3 is 6.03 Å². The molecule has 5 heteroatoms. The molecule has 0 bridgehead atoms. The summed E-state index contributed by atoms with van der Waals surface area (Å²) in [5, 5.41) is 9.16. The fourth-order valence-electron chi connectivity index (χ4n) is 2.52. The molecule has 1 saturated carbocycles. The van der Waals surface area contributed by atoms with Crippen LogP contribution in [0.1, 0.15) is 52.4 Å². The van der Waals surface area contributed by atoms with E-state index in [0.29, 0.717) is 17.9 Å².